The molecule has 0 aliphatic rings. The Morgan fingerprint density at radius 3 is 2.44 bits per heavy atom. The minimum Gasteiger partial charge on any atom is -0.441 e. The number of rotatable bonds is 7. The smallest absolute Gasteiger partial charge is 0.319 e. The van der Waals surface area contributed by atoms with E-state index in [9.17, 15) is 9.90 Å². The van der Waals surface area contributed by atoms with E-state index in [0.717, 1.165) is 11.3 Å². The Hall–Kier alpha value is -2.34. The van der Waals surface area contributed by atoms with Gasteiger partial charge in [-0.25, -0.2) is 9.78 Å². The SMILES string of the molecule is CC(C)c1cnc(-c2ccc(NC(=O)NC[C@H](C)C[C@H](C)O)cc2)o1. The number of urea groups is 1. The number of nitrogens with zero attached hydrogens (tertiary/aromatic N) is 1. The summed E-state index contributed by atoms with van der Waals surface area (Å²) in [5.41, 5.74) is 1.56. The zero-order chi connectivity index (χ0) is 18.4. The Labute approximate surface area is 148 Å². The van der Waals surface area contributed by atoms with E-state index < -0.39 is 0 Å². The molecule has 0 bridgehead atoms. The molecular formula is C19H27N3O3. The van der Waals surface area contributed by atoms with Crippen LogP contribution in [-0.2, 0) is 0 Å². The van der Waals surface area contributed by atoms with Gasteiger partial charge in [0.1, 0.15) is 5.76 Å². The van der Waals surface area contributed by atoms with Crippen molar-refractivity contribution in [2.75, 3.05) is 11.9 Å². The lowest BCUT2D eigenvalue weighted by atomic mass is 10.1. The monoisotopic (exact) mass is 345 g/mol. The normalized spacial score (nSPS) is 13.5. The van der Waals surface area contributed by atoms with Crippen molar-refractivity contribution in [3.63, 3.8) is 0 Å². The van der Waals surface area contributed by atoms with Crippen LogP contribution in [0.15, 0.2) is 34.9 Å². The zero-order valence-electron chi connectivity index (χ0n) is 15.2. The van der Waals surface area contributed by atoms with E-state index in [4.69, 9.17) is 4.42 Å². The fourth-order valence-corrected chi connectivity index (χ4v) is 2.49. The molecule has 136 valence electrons. The molecule has 0 saturated carbocycles. The molecule has 2 rings (SSSR count). The highest BCUT2D eigenvalue weighted by Crippen LogP contribution is 2.24. The maximum absolute atomic E-state index is 11.9. The van der Waals surface area contributed by atoms with Gasteiger partial charge in [0.25, 0.3) is 0 Å². The molecule has 0 aliphatic heterocycles. The fourth-order valence-electron chi connectivity index (χ4n) is 2.49. The van der Waals surface area contributed by atoms with Gasteiger partial charge in [-0.2, -0.15) is 0 Å². The fraction of sp³-hybridized carbons (Fsp3) is 0.474. The van der Waals surface area contributed by atoms with Crippen LogP contribution in [0, 0.1) is 5.92 Å². The van der Waals surface area contributed by atoms with Crippen LogP contribution >= 0.6 is 0 Å². The third-order valence-corrected chi connectivity index (χ3v) is 3.84. The Morgan fingerprint density at radius 2 is 1.88 bits per heavy atom. The molecule has 0 unspecified atom stereocenters. The highest BCUT2D eigenvalue weighted by atomic mass is 16.4. The van der Waals surface area contributed by atoms with Crippen LogP contribution in [0.5, 0.6) is 0 Å². The molecule has 2 amide bonds. The number of hydrogen-bond donors (Lipinski definition) is 3. The van der Waals surface area contributed by atoms with E-state index in [1.807, 2.05) is 31.2 Å². The van der Waals surface area contributed by atoms with Crippen molar-refractivity contribution < 1.29 is 14.3 Å². The number of aromatic nitrogens is 1. The topological polar surface area (TPSA) is 87.4 Å². The predicted octanol–water partition coefficient (Wildman–Crippen LogP) is 3.99. The Bertz CT molecular complexity index is 677. The van der Waals surface area contributed by atoms with Crippen molar-refractivity contribution in [2.45, 2.75) is 46.1 Å². The number of anilines is 1. The molecule has 1 aromatic heterocycles. The van der Waals surface area contributed by atoms with Gasteiger partial charge in [0.15, 0.2) is 0 Å². The number of aliphatic hydroxyl groups excluding tert-OH is 1. The first-order chi connectivity index (χ1) is 11.8. The predicted molar refractivity (Wildman–Crippen MR) is 98.5 cm³/mol. The van der Waals surface area contributed by atoms with Gasteiger partial charge in [0.2, 0.25) is 5.89 Å². The number of benzene rings is 1. The summed E-state index contributed by atoms with van der Waals surface area (Å²) < 4.78 is 5.72. The van der Waals surface area contributed by atoms with Crippen LogP contribution < -0.4 is 10.6 Å². The summed E-state index contributed by atoms with van der Waals surface area (Å²) >= 11 is 0. The maximum Gasteiger partial charge on any atom is 0.319 e. The van der Waals surface area contributed by atoms with Gasteiger partial charge in [0.05, 0.1) is 12.3 Å². The van der Waals surface area contributed by atoms with E-state index in [-0.39, 0.29) is 18.1 Å². The maximum atomic E-state index is 11.9. The van der Waals surface area contributed by atoms with E-state index in [1.165, 1.54) is 0 Å². The molecule has 6 heteroatoms. The first-order valence-electron chi connectivity index (χ1n) is 8.64. The Morgan fingerprint density at radius 1 is 1.20 bits per heavy atom. The van der Waals surface area contributed by atoms with Gasteiger partial charge in [-0.15, -0.1) is 0 Å². The lowest BCUT2D eigenvalue weighted by Gasteiger charge is -2.14. The molecule has 0 aliphatic carbocycles. The number of amides is 2. The number of carbonyl (C=O) groups is 1. The number of carbonyl (C=O) groups excluding carboxylic acids is 1. The molecular weight excluding hydrogens is 318 g/mol. The molecule has 25 heavy (non-hydrogen) atoms. The summed E-state index contributed by atoms with van der Waals surface area (Å²) in [6.45, 7) is 8.36. The van der Waals surface area contributed by atoms with Gasteiger partial charge >= 0.3 is 6.03 Å². The van der Waals surface area contributed by atoms with Crippen molar-refractivity contribution in [1.29, 1.82) is 0 Å². The zero-order valence-corrected chi connectivity index (χ0v) is 15.2. The Kier molecular flexibility index (Phi) is 6.58. The molecule has 0 radical (unpaired) electrons. The first kappa shape index (κ1) is 19.0. The van der Waals surface area contributed by atoms with Crippen molar-refractivity contribution in [3.05, 3.63) is 36.2 Å². The van der Waals surface area contributed by atoms with E-state index in [0.29, 0.717) is 30.5 Å². The van der Waals surface area contributed by atoms with E-state index in [1.54, 1.807) is 13.1 Å². The third kappa shape index (κ3) is 5.90. The van der Waals surface area contributed by atoms with E-state index >= 15 is 0 Å². The molecule has 2 atom stereocenters. The number of aliphatic hydroxyl groups is 1. The summed E-state index contributed by atoms with van der Waals surface area (Å²) in [6.07, 6.45) is 2.04. The first-order valence-corrected chi connectivity index (χ1v) is 8.64. The van der Waals surface area contributed by atoms with Crippen LogP contribution in [-0.4, -0.2) is 28.8 Å². The molecule has 0 fully saturated rings. The molecule has 6 nitrogen and oxygen atoms in total. The summed E-state index contributed by atoms with van der Waals surface area (Å²) in [6, 6.07) is 7.09. The summed E-state index contributed by atoms with van der Waals surface area (Å²) in [7, 11) is 0. The minimum absolute atomic E-state index is 0.216. The summed E-state index contributed by atoms with van der Waals surface area (Å²) in [5.74, 6) is 1.94. The molecule has 1 heterocycles. The van der Waals surface area contributed by atoms with E-state index in [2.05, 4.69) is 29.5 Å². The lowest BCUT2D eigenvalue weighted by molar-refractivity contribution is 0.163. The second kappa shape index (κ2) is 8.67. The molecule has 1 aromatic carbocycles. The van der Waals surface area contributed by atoms with Crippen molar-refractivity contribution in [2.24, 2.45) is 5.92 Å². The minimum atomic E-state index is -0.362. The molecule has 0 spiro atoms. The molecule has 0 saturated heterocycles. The Balaban J connectivity index is 1.88. The van der Waals surface area contributed by atoms with Crippen molar-refractivity contribution in [3.8, 4) is 11.5 Å². The second-order valence-corrected chi connectivity index (χ2v) is 6.82. The number of oxazole rings is 1. The van der Waals surface area contributed by atoms with Crippen LogP contribution in [0.4, 0.5) is 10.5 Å². The average molecular weight is 345 g/mol. The standard InChI is InChI=1S/C19H27N3O3/c1-12(2)17-11-20-18(25-17)15-5-7-16(8-6-15)22-19(24)21-10-13(3)9-14(4)23/h5-8,11-14,23H,9-10H2,1-4H3,(H2,21,22,24)/t13-,14+/m1/s1. The number of hydrogen-bond acceptors (Lipinski definition) is 4. The van der Waals surface area contributed by atoms with Crippen LogP contribution in [0.2, 0.25) is 0 Å². The summed E-state index contributed by atoms with van der Waals surface area (Å²) in [4.78, 5) is 16.2. The number of nitrogens with one attached hydrogen (secondary N) is 2. The van der Waals surface area contributed by atoms with Crippen LogP contribution in [0.1, 0.15) is 45.8 Å². The van der Waals surface area contributed by atoms with Crippen LogP contribution in [0.25, 0.3) is 11.5 Å². The second-order valence-electron chi connectivity index (χ2n) is 6.82. The molecule has 3 N–H and O–H groups in total. The summed E-state index contributed by atoms with van der Waals surface area (Å²) in [5, 5.41) is 14.9. The van der Waals surface area contributed by atoms with Crippen molar-refractivity contribution in [1.82, 2.24) is 10.3 Å². The van der Waals surface area contributed by atoms with Crippen molar-refractivity contribution >= 4 is 11.7 Å². The quantitative estimate of drug-likeness (QED) is 0.708. The van der Waals surface area contributed by atoms with Gasteiger partial charge in [-0.1, -0.05) is 20.8 Å². The molecule has 2 aromatic rings. The highest BCUT2D eigenvalue weighted by molar-refractivity contribution is 5.89. The van der Waals surface area contributed by atoms with Gasteiger partial charge in [0, 0.05) is 23.7 Å². The third-order valence-electron chi connectivity index (χ3n) is 3.84. The van der Waals surface area contributed by atoms with Gasteiger partial charge in [-0.05, 0) is 43.5 Å². The highest BCUT2D eigenvalue weighted by Gasteiger charge is 2.11. The van der Waals surface area contributed by atoms with Crippen LogP contribution in [0.3, 0.4) is 0 Å². The average Bonchev–Trinajstić information content (AvgIpc) is 3.03. The largest absolute Gasteiger partial charge is 0.441 e. The van der Waals surface area contributed by atoms with Gasteiger partial charge < -0.3 is 20.2 Å². The van der Waals surface area contributed by atoms with Gasteiger partial charge in [-0.3, -0.25) is 0 Å². The lowest BCUT2D eigenvalue weighted by Crippen LogP contribution is -2.33.